The molecule has 0 aliphatic carbocycles. The number of hydrogen-bond acceptors (Lipinski definition) is 1. The summed E-state index contributed by atoms with van der Waals surface area (Å²) in [4.78, 5) is 0. The summed E-state index contributed by atoms with van der Waals surface area (Å²) in [6, 6.07) is 0.304. The molecular weight excluding hydrogens is 416 g/mol. The van der Waals surface area contributed by atoms with Crippen molar-refractivity contribution in [2.45, 2.75) is 0 Å². The van der Waals surface area contributed by atoms with E-state index >= 15 is 0 Å². The minimum atomic E-state index is -1.67. The standard InChI is InChI=1S/C6HF4I2N/c7-2-1-3(8)6(13(11)12)5(10)4(2)9/h1H. The van der Waals surface area contributed by atoms with Gasteiger partial charge in [0, 0.05) is 6.07 Å². The number of rotatable bonds is 1. The van der Waals surface area contributed by atoms with Crippen LogP contribution >= 0.6 is 45.7 Å². The van der Waals surface area contributed by atoms with E-state index in [1.807, 2.05) is 0 Å². The zero-order valence-corrected chi connectivity index (χ0v) is 10.1. The van der Waals surface area contributed by atoms with Gasteiger partial charge in [0.1, 0.15) is 5.69 Å². The van der Waals surface area contributed by atoms with Crippen molar-refractivity contribution in [2.24, 2.45) is 0 Å². The van der Waals surface area contributed by atoms with Crippen LogP contribution < -0.4 is 1.33 Å². The number of benzene rings is 1. The SMILES string of the molecule is Fc1cc(F)c(N(I)I)c(F)c1F. The van der Waals surface area contributed by atoms with Crippen LogP contribution in [0.2, 0.25) is 0 Å². The Bertz CT molecular complexity index is 342. The maximum absolute atomic E-state index is 12.9. The van der Waals surface area contributed by atoms with Crippen molar-refractivity contribution in [3.63, 3.8) is 0 Å². The van der Waals surface area contributed by atoms with Crippen molar-refractivity contribution in [2.75, 3.05) is 1.33 Å². The molecule has 13 heavy (non-hydrogen) atoms. The van der Waals surface area contributed by atoms with Gasteiger partial charge in [0.15, 0.2) is 23.3 Å². The van der Waals surface area contributed by atoms with E-state index in [2.05, 4.69) is 0 Å². The Morgan fingerprint density at radius 1 is 0.923 bits per heavy atom. The third-order valence-electron chi connectivity index (χ3n) is 1.26. The Hall–Kier alpha value is 0.200. The molecule has 1 aromatic rings. The Morgan fingerprint density at radius 2 is 1.46 bits per heavy atom. The molecule has 0 heterocycles. The molecule has 0 radical (unpaired) electrons. The van der Waals surface area contributed by atoms with E-state index in [0.717, 1.165) is 1.33 Å². The molecule has 0 unspecified atom stereocenters. The minimum Gasteiger partial charge on any atom is -0.249 e. The molecule has 7 heteroatoms. The Labute approximate surface area is 99.1 Å². The lowest BCUT2D eigenvalue weighted by Crippen LogP contribution is -2.03. The lowest BCUT2D eigenvalue weighted by Gasteiger charge is -2.10. The van der Waals surface area contributed by atoms with Gasteiger partial charge in [-0.2, -0.15) is 0 Å². The van der Waals surface area contributed by atoms with Crippen LogP contribution in [-0.4, -0.2) is 0 Å². The molecule has 0 aliphatic rings. The molecule has 0 spiro atoms. The van der Waals surface area contributed by atoms with Crippen molar-refractivity contribution in [3.8, 4) is 0 Å². The average Bonchev–Trinajstić information content (AvgIpc) is 1.99. The van der Waals surface area contributed by atoms with E-state index in [-0.39, 0.29) is 0 Å². The molecule has 0 aromatic heterocycles. The zero-order chi connectivity index (χ0) is 10.2. The van der Waals surface area contributed by atoms with Crippen LogP contribution in [0, 0.1) is 23.3 Å². The third kappa shape index (κ3) is 2.17. The summed E-state index contributed by atoms with van der Waals surface area (Å²) in [5.74, 6) is -5.87. The van der Waals surface area contributed by atoms with E-state index < -0.39 is 29.0 Å². The third-order valence-corrected chi connectivity index (χ3v) is 2.22. The topological polar surface area (TPSA) is 3.24 Å². The van der Waals surface area contributed by atoms with Crippen LogP contribution in [-0.2, 0) is 0 Å². The maximum atomic E-state index is 12.9. The predicted octanol–water partition coefficient (Wildman–Crippen LogP) is 3.75. The van der Waals surface area contributed by atoms with Crippen molar-refractivity contribution < 1.29 is 17.6 Å². The molecule has 1 nitrogen and oxygen atoms in total. The summed E-state index contributed by atoms with van der Waals surface area (Å²) in [6.45, 7) is 0. The molecule has 1 rings (SSSR count). The first-order valence-corrected chi connectivity index (χ1v) is 4.82. The summed E-state index contributed by atoms with van der Waals surface area (Å²) >= 11 is 3.08. The monoisotopic (exact) mass is 417 g/mol. The fourth-order valence-electron chi connectivity index (χ4n) is 0.712. The highest BCUT2D eigenvalue weighted by Crippen LogP contribution is 2.31. The first kappa shape index (κ1) is 11.3. The summed E-state index contributed by atoms with van der Waals surface area (Å²) in [7, 11) is 0. The molecule has 0 amide bonds. The Morgan fingerprint density at radius 3 is 1.92 bits per heavy atom. The molecular formula is C6HF4I2N. The first-order chi connectivity index (χ1) is 5.95. The van der Waals surface area contributed by atoms with Crippen molar-refractivity contribution in [1.82, 2.24) is 0 Å². The highest BCUT2D eigenvalue weighted by Gasteiger charge is 2.21. The van der Waals surface area contributed by atoms with E-state index in [9.17, 15) is 17.6 Å². The van der Waals surface area contributed by atoms with Gasteiger partial charge >= 0.3 is 0 Å². The number of halogens is 6. The van der Waals surface area contributed by atoms with E-state index in [1.165, 1.54) is 45.7 Å². The lowest BCUT2D eigenvalue weighted by molar-refractivity contribution is 0.438. The highest BCUT2D eigenvalue weighted by atomic mass is 127. The Balaban J connectivity index is 3.44. The molecule has 0 aliphatic heterocycles. The van der Waals surface area contributed by atoms with Gasteiger partial charge in [-0.15, -0.1) is 0 Å². The smallest absolute Gasteiger partial charge is 0.196 e. The Kier molecular flexibility index (Phi) is 3.60. The van der Waals surface area contributed by atoms with Gasteiger partial charge < -0.3 is 0 Å². The number of anilines is 1. The number of hydrogen-bond donors (Lipinski definition) is 0. The zero-order valence-electron chi connectivity index (χ0n) is 5.79. The van der Waals surface area contributed by atoms with Gasteiger partial charge in [0.25, 0.3) is 0 Å². The van der Waals surface area contributed by atoms with Crippen molar-refractivity contribution >= 4 is 51.4 Å². The second kappa shape index (κ2) is 4.15. The van der Waals surface area contributed by atoms with Crippen LogP contribution in [0.5, 0.6) is 0 Å². The van der Waals surface area contributed by atoms with Crippen LogP contribution in [0.3, 0.4) is 0 Å². The molecule has 0 fully saturated rings. The van der Waals surface area contributed by atoms with Crippen LogP contribution in [0.1, 0.15) is 0 Å². The second-order valence-corrected chi connectivity index (χ2v) is 5.83. The van der Waals surface area contributed by atoms with Gasteiger partial charge in [-0.05, 0) is 0 Å². The van der Waals surface area contributed by atoms with E-state index in [0.29, 0.717) is 6.07 Å². The summed E-state index contributed by atoms with van der Waals surface area (Å²) in [5, 5.41) is 0. The predicted molar refractivity (Wildman–Crippen MR) is 56.8 cm³/mol. The molecule has 0 saturated heterocycles. The van der Waals surface area contributed by atoms with Gasteiger partial charge in [0.2, 0.25) is 0 Å². The van der Waals surface area contributed by atoms with Gasteiger partial charge in [-0.1, -0.05) is 0 Å². The van der Waals surface area contributed by atoms with Gasteiger partial charge in [-0.3, -0.25) is 0 Å². The molecule has 0 atom stereocenters. The van der Waals surface area contributed by atoms with Crippen molar-refractivity contribution in [3.05, 3.63) is 29.3 Å². The second-order valence-electron chi connectivity index (χ2n) is 2.05. The molecule has 72 valence electrons. The molecule has 0 bridgehead atoms. The fourth-order valence-corrected chi connectivity index (χ4v) is 1.60. The summed E-state index contributed by atoms with van der Waals surface area (Å²) in [5.41, 5.74) is -0.611. The van der Waals surface area contributed by atoms with E-state index in [1.54, 1.807) is 0 Å². The number of nitrogens with zero attached hydrogens (tertiary/aromatic N) is 1. The van der Waals surface area contributed by atoms with Gasteiger partial charge in [-0.25, -0.2) is 18.9 Å². The molecule has 0 N–H and O–H groups in total. The van der Waals surface area contributed by atoms with Crippen LogP contribution in [0.25, 0.3) is 0 Å². The fraction of sp³-hybridized carbons (Fsp3) is 0. The average molecular weight is 417 g/mol. The first-order valence-electron chi connectivity index (χ1n) is 2.89. The molecule has 1 aromatic carbocycles. The van der Waals surface area contributed by atoms with Crippen LogP contribution in [0.15, 0.2) is 6.07 Å². The normalized spacial score (nSPS) is 10.3. The largest absolute Gasteiger partial charge is 0.249 e. The highest BCUT2D eigenvalue weighted by molar-refractivity contribution is 14.2. The molecule has 0 saturated carbocycles. The quantitative estimate of drug-likeness (QED) is 0.221. The summed E-state index contributed by atoms with van der Waals surface area (Å²) < 4.78 is 51.7. The lowest BCUT2D eigenvalue weighted by atomic mass is 10.3. The summed E-state index contributed by atoms with van der Waals surface area (Å²) in [6.07, 6.45) is 0. The van der Waals surface area contributed by atoms with E-state index in [4.69, 9.17) is 0 Å². The van der Waals surface area contributed by atoms with Gasteiger partial charge in [0.05, 0.1) is 45.7 Å². The minimum absolute atomic E-state index is 0.304. The van der Waals surface area contributed by atoms with Crippen molar-refractivity contribution in [1.29, 1.82) is 0 Å². The van der Waals surface area contributed by atoms with Crippen LogP contribution in [0.4, 0.5) is 23.2 Å². The maximum Gasteiger partial charge on any atom is 0.196 e.